The highest BCUT2D eigenvalue weighted by Crippen LogP contribution is 2.25. The number of para-hydroxylation sites is 1. The van der Waals surface area contributed by atoms with Crippen LogP contribution in [0.1, 0.15) is 32.6 Å². The normalized spacial score (nSPS) is 15.1. The first-order valence-corrected chi connectivity index (χ1v) is 8.56. The molecule has 1 fully saturated rings. The number of aromatic nitrogens is 1. The summed E-state index contributed by atoms with van der Waals surface area (Å²) in [5.74, 6) is -0.128. The molecule has 2 heterocycles. The summed E-state index contributed by atoms with van der Waals surface area (Å²) in [6, 6.07) is 9.53. The molecule has 0 saturated carbocycles. The summed E-state index contributed by atoms with van der Waals surface area (Å²) in [5, 5.41) is 0.962. The second-order valence-electron chi connectivity index (χ2n) is 6.25. The van der Waals surface area contributed by atoms with E-state index < -0.39 is 0 Å². The smallest absolute Gasteiger partial charge is 0.242 e. The Morgan fingerprint density at radius 3 is 2.50 bits per heavy atom. The van der Waals surface area contributed by atoms with Crippen molar-refractivity contribution in [2.24, 2.45) is 0 Å². The van der Waals surface area contributed by atoms with Gasteiger partial charge < -0.3 is 9.80 Å². The number of amides is 2. The first-order chi connectivity index (χ1) is 11.7. The van der Waals surface area contributed by atoms with Crippen LogP contribution < -0.4 is 4.90 Å². The second-order valence-corrected chi connectivity index (χ2v) is 6.25. The van der Waals surface area contributed by atoms with Crippen molar-refractivity contribution in [1.29, 1.82) is 0 Å². The van der Waals surface area contributed by atoms with E-state index in [0.717, 1.165) is 36.8 Å². The zero-order valence-electron chi connectivity index (χ0n) is 14.1. The maximum absolute atomic E-state index is 12.7. The molecule has 126 valence electrons. The molecule has 0 atom stereocenters. The van der Waals surface area contributed by atoms with Crippen LogP contribution in [0.3, 0.4) is 0 Å². The Morgan fingerprint density at radius 2 is 1.79 bits per heavy atom. The van der Waals surface area contributed by atoms with Gasteiger partial charge in [-0.05, 0) is 25.0 Å². The molecule has 0 aliphatic carbocycles. The number of rotatable bonds is 3. The van der Waals surface area contributed by atoms with Crippen LogP contribution in [0.25, 0.3) is 10.9 Å². The predicted molar refractivity (Wildman–Crippen MR) is 94.8 cm³/mol. The van der Waals surface area contributed by atoms with Crippen LogP contribution in [0.15, 0.2) is 36.5 Å². The molecule has 1 saturated heterocycles. The summed E-state index contributed by atoms with van der Waals surface area (Å²) in [4.78, 5) is 32.7. The van der Waals surface area contributed by atoms with Crippen molar-refractivity contribution in [2.75, 3.05) is 24.5 Å². The maximum Gasteiger partial charge on any atom is 0.242 e. The molecule has 0 bridgehead atoms. The van der Waals surface area contributed by atoms with Crippen LogP contribution in [0.5, 0.6) is 0 Å². The van der Waals surface area contributed by atoms with Crippen molar-refractivity contribution in [3.05, 3.63) is 36.5 Å². The Balaban J connectivity index is 1.86. The molecular weight excluding hydrogens is 302 g/mol. The lowest BCUT2D eigenvalue weighted by atomic mass is 10.1. The Hall–Kier alpha value is -2.43. The van der Waals surface area contributed by atoms with Gasteiger partial charge in [0, 0.05) is 31.6 Å². The van der Waals surface area contributed by atoms with E-state index in [1.165, 1.54) is 19.8 Å². The number of carbonyl (C=O) groups excluding carboxylic acids is 2. The van der Waals surface area contributed by atoms with E-state index in [0.29, 0.717) is 5.69 Å². The van der Waals surface area contributed by atoms with E-state index in [1.54, 1.807) is 11.1 Å². The highest BCUT2D eigenvalue weighted by molar-refractivity contribution is 6.04. The Kier molecular flexibility index (Phi) is 5.08. The number of pyridine rings is 1. The topological polar surface area (TPSA) is 53.5 Å². The zero-order chi connectivity index (χ0) is 16.9. The Morgan fingerprint density at radius 1 is 1.08 bits per heavy atom. The minimum absolute atomic E-state index is 0.0139. The van der Waals surface area contributed by atoms with Gasteiger partial charge in [0.05, 0.1) is 11.2 Å². The van der Waals surface area contributed by atoms with Gasteiger partial charge in [-0.2, -0.15) is 0 Å². The van der Waals surface area contributed by atoms with Crippen LogP contribution in [0.2, 0.25) is 0 Å². The third-order valence-corrected chi connectivity index (χ3v) is 4.53. The quantitative estimate of drug-likeness (QED) is 0.872. The highest BCUT2D eigenvalue weighted by Gasteiger charge is 2.22. The van der Waals surface area contributed by atoms with E-state index in [2.05, 4.69) is 4.98 Å². The average Bonchev–Trinajstić information content (AvgIpc) is 2.88. The molecular formula is C19H23N3O2. The minimum atomic E-state index is -0.142. The fraction of sp³-hybridized carbons (Fsp3) is 0.421. The highest BCUT2D eigenvalue weighted by atomic mass is 16.2. The van der Waals surface area contributed by atoms with Gasteiger partial charge in [0.2, 0.25) is 11.8 Å². The minimum Gasteiger partial charge on any atom is -0.341 e. The fourth-order valence-electron chi connectivity index (χ4n) is 3.23. The number of benzene rings is 1. The number of carbonyl (C=O) groups is 2. The third-order valence-electron chi connectivity index (χ3n) is 4.53. The van der Waals surface area contributed by atoms with E-state index >= 15 is 0 Å². The third kappa shape index (κ3) is 3.55. The number of hydrogen-bond donors (Lipinski definition) is 0. The van der Waals surface area contributed by atoms with E-state index in [4.69, 9.17) is 0 Å². The lowest BCUT2D eigenvalue weighted by Crippen LogP contribution is -2.42. The molecule has 2 amide bonds. The number of nitrogens with zero attached hydrogens (tertiary/aromatic N) is 3. The average molecular weight is 325 g/mol. The van der Waals surface area contributed by atoms with Gasteiger partial charge in [-0.25, -0.2) is 0 Å². The van der Waals surface area contributed by atoms with Gasteiger partial charge in [0.25, 0.3) is 0 Å². The molecule has 1 aromatic heterocycles. The van der Waals surface area contributed by atoms with Gasteiger partial charge in [-0.3, -0.25) is 14.6 Å². The summed E-state index contributed by atoms with van der Waals surface area (Å²) in [5.41, 5.74) is 1.45. The zero-order valence-corrected chi connectivity index (χ0v) is 14.1. The molecule has 2 aromatic rings. The number of fused-ring (bicyclic) bond motifs is 1. The van der Waals surface area contributed by atoms with Gasteiger partial charge in [0.15, 0.2) is 0 Å². The fourth-order valence-corrected chi connectivity index (χ4v) is 3.23. The van der Waals surface area contributed by atoms with Gasteiger partial charge >= 0.3 is 0 Å². The first-order valence-electron chi connectivity index (χ1n) is 8.56. The van der Waals surface area contributed by atoms with Crippen molar-refractivity contribution in [2.45, 2.75) is 32.6 Å². The summed E-state index contributed by atoms with van der Waals surface area (Å²) < 4.78 is 0. The van der Waals surface area contributed by atoms with Crippen molar-refractivity contribution < 1.29 is 9.59 Å². The molecule has 0 radical (unpaired) electrons. The summed E-state index contributed by atoms with van der Waals surface area (Å²) in [6.45, 7) is 3.15. The molecule has 24 heavy (non-hydrogen) atoms. The van der Waals surface area contributed by atoms with Crippen LogP contribution in [-0.4, -0.2) is 41.3 Å². The molecule has 5 nitrogen and oxygen atoms in total. The number of anilines is 1. The molecule has 0 spiro atoms. The summed E-state index contributed by atoms with van der Waals surface area (Å²) in [7, 11) is 0. The Bertz CT molecular complexity index is 731. The van der Waals surface area contributed by atoms with Crippen LogP contribution in [-0.2, 0) is 9.59 Å². The molecule has 1 aliphatic rings. The molecule has 1 aliphatic heterocycles. The Labute approximate surface area is 142 Å². The molecule has 1 aromatic carbocycles. The number of hydrogen-bond acceptors (Lipinski definition) is 3. The van der Waals surface area contributed by atoms with Gasteiger partial charge in [0.1, 0.15) is 6.54 Å². The van der Waals surface area contributed by atoms with Crippen LogP contribution in [0, 0.1) is 0 Å². The van der Waals surface area contributed by atoms with Crippen molar-refractivity contribution >= 4 is 28.4 Å². The van der Waals surface area contributed by atoms with Crippen LogP contribution >= 0.6 is 0 Å². The molecule has 5 heteroatoms. The van der Waals surface area contributed by atoms with E-state index in [1.807, 2.05) is 35.2 Å². The van der Waals surface area contributed by atoms with Gasteiger partial charge in [-0.15, -0.1) is 0 Å². The number of likely N-dealkylation sites (tertiary alicyclic amines) is 1. The lowest BCUT2D eigenvalue weighted by molar-refractivity contribution is -0.131. The largest absolute Gasteiger partial charge is 0.341 e. The SMILES string of the molecule is CC(=O)N(CC(=O)N1CCCCCC1)c1cccc2cccnc12. The van der Waals surface area contributed by atoms with Crippen molar-refractivity contribution in [1.82, 2.24) is 9.88 Å². The summed E-state index contributed by atoms with van der Waals surface area (Å²) >= 11 is 0. The van der Waals surface area contributed by atoms with Gasteiger partial charge in [-0.1, -0.05) is 31.0 Å². The van der Waals surface area contributed by atoms with Crippen molar-refractivity contribution in [3.63, 3.8) is 0 Å². The van der Waals surface area contributed by atoms with Crippen LogP contribution in [0.4, 0.5) is 5.69 Å². The van der Waals surface area contributed by atoms with E-state index in [9.17, 15) is 9.59 Å². The first kappa shape index (κ1) is 16.4. The molecule has 0 N–H and O–H groups in total. The standard InChI is InChI=1S/C19H23N3O2/c1-15(23)22(14-18(24)21-12-4-2-3-5-13-21)17-10-6-8-16-9-7-11-20-19(16)17/h6-11H,2-5,12-14H2,1H3. The maximum atomic E-state index is 12.7. The van der Waals surface area contributed by atoms with E-state index in [-0.39, 0.29) is 18.4 Å². The van der Waals surface area contributed by atoms with Crippen molar-refractivity contribution in [3.8, 4) is 0 Å². The summed E-state index contributed by atoms with van der Waals surface area (Å²) in [6.07, 6.45) is 6.14. The monoisotopic (exact) mass is 325 g/mol. The second kappa shape index (κ2) is 7.43. The lowest BCUT2D eigenvalue weighted by Gasteiger charge is -2.26. The molecule has 0 unspecified atom stereocenters. The predicted octanol–water partition coefficient (Wildman–Crippen LogP) is 2.99. The molecule has 3 rings (SSSR count).